The highest BCUT2D eigenvalue weighted by Crippen LogP contribution is 2.25. The van der Waals surface area contributed by atoms with Gasteiger partial charge in [0.05, 0.1) is 12.0 Å². The Kier molecular flexibility index (Phi) is 4.26. The topological polar surface area (TPSA) is 78.1 Å². The molecule has 2 unspecified atom stereocenters. The smallest absolute Gasteiger partial charge is 0.227 e. The van der Waals surface area contributed by atoms with Gasteiger partial charge in [-0.2, -0.15) is 0 Å². The number of hydrogen-bond acceptors (Lipinski definition) is 3. The standard InChI is InChI=1S/C19H22N4O2/c24-18-8-13(11-23(18)15-4-2-1-3-5-15)10-20-19(25)14-6-7-16-17(9-14)22-12-21-16/h1-5,12-14H,6-11H2,(H,20,25)(H,21,22). The normalized spacial score (nSPS) is 22.7. The summed E-state index contributed by atoms with van der Waals surface area (Å²) < 4.78 is 0. The zero-order valence-corrected chi connectivity index (χ0v) is 14.1. The number of imidazole rings is 1. The first-order chi connectivity index (χ1) is 12.2. The van der Waals surface area contributed by atoms with Crippen LogP contribution in [0.3, 0.4) is 0 Å². The molecule has 1 fully saturated rings. The molecule has 0 spiro atoms. The first kappa shape index (κ1) is 15.9. The van der Waals surface area contributed by atoms with Gasteiger partial charge in [0, 0.05) is 49.1 Å². The van der Waals surface area contributed by atoms with E-state index in [0.29, 0.717) is 19.5 Å². The van der Waals surface area contributed by atoms with Gasteiger partial charge in [0.15, 0.2) is 0 Å². The van der Waals surface area contributed by atoms with Crippen molar-refractivity contribution in [3.05, 3.63) is 48.0 Å². The van der Waals surface area contributed by atoms with Gasteiger partial charge in [0.2, 0.25) is 11.8 Å². The van der Waals surface area contributed by atoms with E-state index in [4.69, 9.17) is 0 Å². The van der Waals surface area contributed by atoms with Gasteiger partial charge in [0.25, 0.3) is 0 Å². The lowest BCUT2D eigenvalue weighted by molar-refractivity contribution is -0.125. The van der Waals surface area contributed by atoms with E-state index in [-0.39, 0.29) is 23.7 Å². The van der Waals surface area contributed by atoms with Gasteiger partial charge in [-0.3, -0.25) is 9.59 Å². The molecule has 1 saturated heterocycles. The molecule has 4 rings (SSSR count). The molecule has 6 heteroatoms. The monoisotopic (exact) mass is 338 g/mol. The van der Waals surface area contributed by atoms with Crippen LogP contribution in [-0.4, -0.2) is 34.9 Å². The lowest BCUT2D eigenvalue weighted by Gasteiger charge is -2.21. The summed E-state index contributed by atoms with van der Waals surface area (Å²) in [6.07, 6.45) is 4.60. The number of aromatic amines is 1. The van der Waals surface area contributed by atoms with Crippen molar-refractivity contribution in [1.82, 2.24) is 15.3 Å². The van der Waals surface area contributed by atoms with E-state index in [9.17, 15) is 9.59 Å². The highest BCUT2D eigenvalue weighted by Gasteiger charge is 2.32. The van der Waals surface area contributed by atoms with E-state index < -0.39 is 0 Å². The SMILES string of the molecule is O=C(NCC1CC(=O)N(c2ccccc2)C1)C1CCc2nc[nH]c2C1. The Morgan fingerprint density at radius 3 is 2.96 bits per heavy atom. The Labute approximate surface area is 146 Å². The van der Waals surface area contributed by atoms with Gasteiger partial charge in [-0.25, -0.2) is 4.98 Å². The van der Waals surface area contributed by atoms with Crippen molar-refractivity contribution in [2.45, 2.75) is 25.7 Å². The number of amides is 2. The van der Waals surface area contributed by atoms with E-state index in [1.807, 2.05) is 35.2 Å². The van der Waals surface area contributed by atoms with Crippen molar-refractivity contribution in [2.24, 2.45) is 11.8 Å². The van der Waals surface area contributed by atoms with Crippen LogP contribution in [0.15, 0.2) is 36.7 Å². The molecule has 0 bridgehead atoms. The van der Waals surface area contributed by atoms with Crippen molar-refractivity contribution in [2.75, 3.05) is 18.0 Å². The second-order valence-corrected chi connectivity index (χ2v) is 6.92. The molecule has 2 heterocycles. The van der Waals surface area contributed by atoms with E-state index in [2.05, 4.69) is 15.3 Å². The molecule has 2 aromatic rings. The van der Waals surface area contributed by atoms with Crippen LogP contribution in [0, 0.1) is 11.8 Å². The zero-order chi connectivity index (χ0) is 17.2. The van der Waals surface area contributed by atoms with Gasteiger partial charge in [-0.15, -0.1) is 0 Å². The molecule has 1 aliphatic carbocycles. The first-order valence-corrected chi connectivity index (χ1v) is 8.85. The van der Waals surface area contributed by atoms with Crippen LogP contribution in [0.25, 0.3) is 0 Å². The summed E-state index contributed by atoms with van der Waals surface area (Å²) in [4.78, 5) is 33.9. The highest BCUT2D eigenvalue weighted by atomic mass is 16.2. The van der Waals surface area contributed by atoms with Gasteiger partial charge < -0.3 is 15.2 Å². The number of carbonyl (C=O) groups excluding carboxylic acids is 2. The summed E-state index contributed by atoms with van der Waals surface area (Å²) in [5, 5.41) is 3.06. The van der Waals surface area contributed by atoms with Crippen molar-refractivity contribution in [1.29, 1.82) is 0 Å². The summed E-state index contributed by atoms with van der Waals surface area (Å²) >= 11 is 0. The third kappa shape index (κ3) is 3.29. The number of nitrogens with one attached hydrogen (secondary N) is 2. The summed E-state index contributed by atoms with van der Waals surface area (Å²) in [6.45, 7) is 1.22. The Bertz CT molecular complexity index is 771. The van der Waals surface area contributed by atoms with Crippen molar-refractivity contribution in [3.63, 3.8) is 0 Å². The minimum atomic E-state index is -0.00437. The van der Waals surface area contributed by atoms with Gasteiger partial charge in [-0.05, 0) is 25.0 Å². The second kappa shape index (κ2) is 6.70. The third-order valence-corrected chi connectivity index (χ3v) is 5.20. The van der Waals surface area contributed by atoms with Gasteiger partial charge in [0.1, 0.15) is 0 Å². The van der Waals surface area contributed by atoms with Crippen LogP contribution in [0.1, 0.15) is 24.2 Å². The van der Waals surface area contributed by atoms with Crippen molar-refractivity contribution in [3.8, 4) is 0 Å². The number of aromatic nitrogens is 2. The van der Waals surface area contributed by atoms with E-state index in [0.717, 1.165) is 36.3 Å². The molecule has 2 N–H and O–H groups in total. The number of fused-ring (bicyclic) bond motifs is 1. The fourth-order valence-corrected chi connectivity index (χ4v) is 3.79. The number of anilines is 1. The number of para-hydroxylation sites is 1. The quantitative estimate of drug-likeness (QED) is 0.890. The summed E-state index contributed by atoms with van der Waals surface area (Å²) in [6, 6.07) is 9.71. The lowest BCUT2D eigenvalue weighted by Crippen LogP contribution is -2.37. The summed E-state index contributed by atoms with van der Waals surface area (Å²) in [5.74, 6) is 0.384. The summed E-state index contributed by atoms with van der Waals surface area (Å²) in [5.41, 5.74) is 3.10. The van der Waals surface area contributed by atoms with Crippen LogP contribution in [0.5, 0.6) is 0 Å². The van der Waals surface area contributed by atoms with Crippen LogP contribution in [0.4, 0.5) is 5.69 Å². The molecule has 0 radical (unpaired) electrons. The largest absolute Gasteiger partial charge is 0.355 e. The van der Waals surface area contributed by atoms with Crippen LogP contribution < -0.4 is 10.2 Å². The number of rotatable bonds is 4. The molecule has 25 heavy (non-hydrogen) atoms. The average Bonchev–Trinajstić information content (AvgIpc) is 3.26. The van der Waals surface area contributed by atoms with Crippen molar-refractivity contribution < 1.29 is 9.59 Å². The predicted octanol–water partition coefficient (Wildman–Crippen LogP) is 1.68. The van der Waals surface area contributed by atoms with Crippen LogP contribution in [-0.2, 0) is 22.4 Å². The Balaban J connectivity index is 1.30. The number of aryl methyl sites for hydroxylation is 1. The molecular formula is C19H22N4O2. The third-order valence-electron chi connectivity index (χ3n) is 5.20. The zero-order valence-electron chi connectivity index (χ0n) is 14.1. The van der Waals surface area contributed by atoms with Gasteiger partial charge in [-0.1, -0.05) is 18.2 Å². The number of hydrogen-bond donors (Lipinski definition) is 2. The Hall–Kier alpha value is -2.63. The fraction of sp³-hybridized carbons (Fsp3) is 0.421. The minimum Gasteiger partial charge on any atom is -0.355 e. The van der Waals surface area contributed by atoms with E-state index in [1.165, 1.54) is 0 Å². The Morgan fingerprint density at radius 2 is 2.12 bits per heavy atom. The van der Waals surface area contributed by atoms with Crippen LogP contribution in [0.2, 0.25) is 0 Å². The predicted molar refractivity (Wildman–Crippen MR) is 94.0 cm³/mol. The molecule has 1 aromatic carbocycles. The molecule has 0 saturated carbocycles. The maximum atomic E-state index is 12.5. The minimum absolute atomic E-state index is 0.00437. The first-order valence-electron chi connectivity index (χ1n) is 8.85. The molecule has 1 aliphatic heterocycles. The lowest BCUT2D eigenvalue weighted by atomic mass is 9.89. The highest BCUT2D eigenvalue weighted by molar-refractivity contribution is 5.95. The maximum Gasteiger partial charge on any atom is 0.227 e. The molecular weight excluding hydrogens is 316 g/mol. The van der Waals surface area contributed by atoms with Crippen molar-refractivity contribution >= 4 is 17.5 Å². The molecule has 130 valence electrons. The number of benzene rings is 1. The number of H-pyrrole nitrogens is 1. The molecule has 2 aliphatic rings. The second-order valence-electron chi connectivity index (χ2n) is 6.92. The average molecular weight is 338 g/mol. The molecule has 1 aromatic heterocycles. The molecule has 2 atom stereocenters. The number of nitrogens with zero attached hydrogens (tertiary/aromatic N) is 2. The van der Waals surface area contributed by atoms with E-state index in [1.54, 1.807) is 6.33 Å². The van der Waals surface area contributed by atoms with E-state index >= 15 is 0 Å². The molecule has 6 nitrogen and oxygen atoms in total. The van der Waals surface area contributed by atoms with Gasteiger partial charge >= 0.3 is 0 Å². The maximum absolute atomic E-state index is 12.5. The fourth-order valence-electron chi connectivity index (χ4n) is 3.79. The number of carbonyl (C=O) groups is 2. The molecule has 2 amide bonds. The summed E-state index contributed by atoms with van der Waals surface area (Å²) in [7, 11) is 0. The van der Waals surface area contributed by atoms with Crippen LogP contribution >= 0.6 is 0 Å². The Morgan fingerprint density at radius 1 is 1.28 bits per heavy atom.